The second kappa shape index (κ2) is 6.01. The van der Waals surface area contributed by atoms with Crippen molar-refractivity contribution in [2.45, 2.75) is 51.0 Å². The Hall–Kier alpha value is -0.940. The van der Waals surface area contributed by atoms with Crippen LogP contribution in [0.2, 0.25) is 0 Å². The second-order valence-electron chi connectivity index (χ2n) is 5.77. The predicted octanol–water partition coefficient (Wildman–Crippen LogP) is 1.18. The summed E-state index contributed by atoms with van der Waals surface area (Å²) in [4.78, 5) is 7.17. The highest BCUT2D eigenvalue weighted by atomic mass is 16.3. The van der Waals surface area contributed by atoms with Gasteiger partial charge in [0.25, 0.3) is 0 Å². The zero-order valence-electron chi connectivity index (χ0n) is 11.6. The highest BCUT2D eigenvalue weighted by Gasteiger charge is 2.22. The number of aliphatic hydroxyl groups is 1. The van der Waals surface area contributed by atoms with Gasteiger partial charge in [0.15, 0.2) is 5.82 Å². The maximum absolute atomic E-state index is 9.38. The van der Waals surface area contributed by atoms with Crippen LogP contribution in [0.15, 0.2) is 0 Å². The molecule has 19 heavy (non-hydrogen) atoms. The molecule has 3 rings (SSSR count). The first-order valence-electron chi connectivity index (χ1n) is 7.64. The van der Waals surface area contributed by atoms with E-state index in [2.05, 4.69) is 15.0 Å². The Morgan fingerprint density at radius 1 is 1.16 bits per heavy atom. The van der Waals surface area contributed by atoms with Crippen LogP contribution in [0.4, 0.5) is 0 Å². The van der Waals surface area contributed by atoms with Crippen molar-refractivity contribution in [1.29, 1.82) is 0 Å². The molecule has 0 bridgehead atoms. The molecule has 1 N–H and O–H groups in total. The molecular formula is C14H24N4O. The number of nitrogens with zero attached hydrogens (tertiary/aromatic N) is 4. The summed E-state index contributed by atoms with van der Waals surface area (Å²) in [6.45, 7) is 3.72. The van der Waals surface area contributed by atoms with E-state index in [1.807, 2.05) is 4.68 Å². The predicted molar refractivity (Wildman–Crippen MR) is 73.1 cm³/mol. The number of aryl methyl sites for hydroxylation is 1. The molecule has 1 atom stereocenters. The third-order valence-corrected chi connectivity index (χ3v) is 4.34. The number of aliphatic hydroxyl groups excluding tert-OH is 1. The van der Waals surface area contributed by atoms with Crippen molar-refractivity contribution < 1.29 is 5.11 Å². The summed E-state index contributed by atoms with van der Waals surface area (Å²) in [5.41, 5.74) is 0. The minimum Gasteiger partial charge on any atom is -0.394 e. The van der Waals surface area contributed by atoms with Gasteiger partial charge >= 0.3 is 0 Å². The molecule has 106 valence electrons. The lowest BCUT2D eigenvalue weighted by molar-refractivity contribution is 0.194. The van der Waals surface area contributed by atoms with Crippen LogP contribution in [-0.4, -0.2) is 51.0 Å². The number of fused-ring (bicyclic) bond motifs is 1. The first-order chi connectivity index (χ1) is 9.36. The van der Waals surface area contributed by atoms with Gasteiger partial charge in [-0.2, -0.15) is 5.10 Å². The van der Waals surface area contributed by atoms with Crippen LogP contribution >= 0.6 is 0 Å². The molecule has 1 unspecified atom stereocenters. The van der Waals surface area contributed by atoms with Crippen molar-refractivity contribution in [3.05, 3.63) is 11.6 Å². The minimum atomic E-state index is 0.153. The van der Waals surface area contributed by atoms with E-state index in [1.165, 1.54) is 32.4 Å². The Bertz CT molecular complexity index is 412. The Balaban J connectivity index is 1.60. The van der Waals surface area contributed by atoms with Gasteiger partial charge in [0.1, 0.15) is 5.82 Å². The van der Waals surface area contributed by atoms with Gasteiger partial charge in [-0.05, 0) is 38.8 Å². The summed E-state index contributed by atoms with van der Waals surface area (Å²) in [6.07, 6.45) is 8.14. The van der Waals surface area contributed by atoms with Gasteiger partial charge < -0.3 is 10.0 Å². The molecule has 0 amide bonds. The quantitative estimate of drug-likeness (QED) is 0.887. The van der Waals surface area contributed by atoms with Gasteiger partial charge in [-0.15, -0.1) is 0 Å². The topological polar surface area (TPSA) is 54.2 Å². The largest absolute Gasteiger partial charge is 0.394 e. The maximum atomic E-state index is 9.38. The molecule has 2 aliphatic rings. The smallest absolute Gasteiger partial charge is 0.152 e. The van der Waals surface area contributed by atoms with Crippen LogP contribution in [0.5, 0.6) is 0 Å². The van der Waals surface area contributed by atoms with Crippen molar-refractivity contribution in [1.82, 2.24) is 19.7 Å². The summed E-state index contributed by atoms with van der Waals surface area (Å²) in [7, 11) is 0. The van der Waals surface area contributed by atoms with Crippen LogP contribution in [-0.2, 0) is 12.8 Å². The highest BCUT2D eigenvalue weighted by molar-refractivity contribution is 4.99. The van der Waals surface area contributed by atoms with Gasteiger partial charge in [0, 0.05) is 19.4 Å². The average molecular weight is 264 g/mol. The normalized spacial score (nSPS) is 24.4. The van der Waals surface area contributed by atoms with E-state index in [-0.39, 0.29) is 12.6 Å². The van der Waals surface area contributed by atoms with Crippen molar-refractivity contribution in [2.24, 2.45) is 0 Å². The molecule has 3 heterocycles. The Morgan fingerprint density at radius 3 is 2.79 bits per heavy atom. The first-order valence-corrected chi connectivity index (χ1v) is 7.64. The third kappa shape index (κ3) is 2.98. The highest BCUT2D eigenvalue weighted by Crippen LogP contribution is 2.22. The minimum absolute atomic E-state index is 0.153. The molecule has 0 radical (unpaired) electrons. The molecule has 0 aromatic carbocycles. The standard InChI is InChI=1S/C14H24N4O/c19-11-12-5-4-6-14-15-13(16-18(12)14)7-10-17-8-2-1-3-9-17/h12,19H,1-11H2. The van der Waals surface area contributed by atoms with Crippen molar-refractivity contribution in [3.63, 3.8) is 0 Å². The lowest BCUT2D eigenvalue weighted by Gasteiger charge is -2.25. The molecule has 0 spiro atoms. The number of likely N-dealkylation sites (tertiary alicyclic amines) is 1. The average Bonchev–Trinajstić information content (AvgIpc) is 2.89. The van der Waals surface area contributed by atoms with Crippen molar-refractivity contribution >= 4 is 0 Å². The maximum Gasteiger partial charge on any atom is 0.152 e. The summed E-state index contributed by atoms with van der Waals surface area (Å²) >= 11 is 0. The fourth-order valence-electron chi connectivity index (χ4n) is 3.20. The Kier molecular flexibility index (Phi) is 4.13. The fraction of sp³-hybridized carbons (Fsp3) is 0.857. The lowest BCUT2D eigenvalue weighted by atomic mass is 10.1. The summed E-state index contributed by atoms with van der Waals surface area (Å²) < 4.78 is 1.97. The van der Waals surface area contributed by atoms with E-state index in [4.69, 9.17) is 0 Å². The number of aromatic nitrogens is 3. The van der Waals surface area contributed by atoms with E-state index in [0.29, 0.717) is 0 Å². The second-order valence-corrected chi connectivity index (χ2v) is 5.77. The molecule has 1 fully saturated rings. The number of piperidine rings is 1. The van der Waals surface area contributed by atoms with E-state index in [9.17, 15) is 5.11 Å². The number of rotatable bonds is 4. The first kappa shape index (κ1) is 13.1. The van der Waals surface area contributed by atoms with Crippen LogP contribution in [0.3, 0.4) is 0 Å². The summed E-state index contributed by atoms with van der Waals surface area (Å²) in [6, 6.07) is 0.153. The zero-order chi connectivity index (χ0) is 13.1. The van der Waals surface area contributed by atoms with Gasteiger partial charge in [-0.3, -0.25) is 0 Å². The van der Waals surface area contributed by atoms with Crippen LogP contribution < -0.4 is 0 Å². The van der Waals surface area contributed by atoms with E-state index >= 15 is 0 Å². The summed E-state index contributed by atoms with van der Waals surface area (Å²) in [5, 5.41) is 14.0. The van der Waals surface area contributed by atoms with Crippen LogP contribution in [0.1, 0.15) is 49.8 Å². The molecule has 1 aromatic heterocycles. The molecule has 0 saturated carbocycles. The Morgan fingerprint density at radius 2 is 2.00 bits per heavy atom. The lowest BCUT2D eigenvalue weighted by Crippen LogP contribution is -2.31. The van der Waals surface area contributed by atoms with E-state index < -0.39 is 0 Å². The van der Waals surface area contributed by atoms with Crippen LogP contribution in [0.25, 0.3) is 0 Å². The summed E-state index contributed by atoms with van der Waals surface area (Å²) in [5.74, 6) is 2.03. The monoisotopic (exact) mass is 264 g/mol. The molecule has 2 aliphatic heterocycles. The SMILES string of the molecule is OCC1CCCc2nc(CCN3CCCCC3)nn21. The Labute approximate surface area is 114 Å². The fourth-order valence-corrected chi connectivity index (χ4v) is 3.20. The molecule has 1 saturated heterocycles. The van der Waals surface area contributed by atoms with E-state index in [0.717, 1.165) is 43.9 Å². The van der Waals surface area contributed by atoms with Crippen molar-refractivity contribution in [3.8, 4) is 0 Å². The third-order valence-electron chi connectivity index (χ3n) is 4.34. The van der Waals surface area contributed by atoms with Gasteiger partial charge in [0.05, 0.1) is 12.6 Å². The number of hydrogen-bond donors (Lipinski definition) is 1. The molecule has 5 nitrogen and oxygen atoms in total. The number of hydrogen-bond acceptors (Lipinski definition) is 4. The molecule has 5 heteroatoms. The molecule has 0 aliphatic carbocycles. The van der Waals surface area contributed by atoms with Crippen LogP contribution in [0, 0.1) is 0 Å². The zero-order valence-corrected chi connectivity index (χ0v) is 11.6. The molecular weight excluding hydrogens is 240 g/mol. The van der Waals surface area contributed by atoms with Gasteiger partial charge in [-0.1, -0.05) is 6.42 Å². The van der Waals surface area contributed by atoms with E-state index in [1.54, 1.807) is 0 Å². The van der Waals surface area contributed by atoms with Gasteiger partial charge in [0.2, 0.25) is 0 Å². The van der Waals surface area contributed by atoms with Crippen molar-refractivity contribution in [2.75, 3.05) is 26.2 Å². The molecule has 1 aromatic rings. The van der Waals surface area contributed by atoms with Gasteiger partial charge in [-0.25, -0.2) is 9.67 Å².